The van der Waals surface area contributed by atoms with Crippen LogP contribution in [0.25, 0.3) is 0 Å². The van der Waals surface area contributed by atoms with Gasteiger partial charge < -0.3 is 14.7 Å². The Balaban J connectivity index is 2.05. The fourth-order valence-electron chi connectivity index (χ4n) is 2.17. The van der Waals surface area contributed by atoms with Gasteiger partial charge in [-0.3, -0.25) is 4.79 Å². The summed E-state index contributed by atoms with van der Waals surface area (Å²) in [6, 6.07) is 3.46. The highest BCUT2D eigenvalue weighted by Gasteiger charge is 2.30. The summed E-state index contributed by atoms with van der Waals surface area (Å²) in [4.78, 5) is 18.3. The van der Waals surface area contributed by atoms with Crippen LogP contribution < -0.4 is 0 Å². The monoisotopic (exact) mass is 288 g/mol. The number of ether oxygens (including phenoxy) is 1. The fraction of sp³-hybridized carbons (Fsp3) is 0.500. The molecule has 1 aromatic rings. The molecule has 1 aliphatic rings. The number of morpholine rings is 1. The number of hydrogen-bond donors (Lipinski definition) is 1. The Morgan fingerprint density at radius 1 is 1.52 bits per heavy atom. The summed E-state index contributed by atoms with van der Waals surface area (Å²) in [5.41, 5.74) is 0.839. The van der Waals surface area contributed by atoms with Crippen molar-refractivity contribution >= 4 is 5.91 Å². The first-order valence-electron chi connectivity index (χ1n) is 7.01. The van der Waals surface area contributed by atoms with E-state index >= 15 is 0 Å². The summed E-state index contributed by atoms with van der Waals surface area (Å²) in [5, 5.41) is 8.67. The summed E-state index contributed by atoms with van der Waals surface area (Å²) in [6.45, 7) is 5.68. The van der Waals surface area contributed by atoms with Crippen LogP contribution >= 0.6 is 0 Å². The lowest BCUT2D eigenvalue weighted by atomic mass is 10.1. The summed E-state index contributed by atoms with van der Waals surface area (Å²) in [5.74, 6) is 5.63. The average molecular weight is 288 g/mol. The van der Waals surface area contributed by atoms with Crippen molar-refractivity contribution in [1.82, 2.24) is 9.88 Å². The van der Waals surface area contributed by atoms with Crippen LogP contribution in [0.2, 0.25) is 0 Å². The third-order valence-electron chi connectivity index (χ3n) is 3.16. The number of amides is 1. The summed E-state index contributed by atoms with van der Waals surface area (Å²) >= 11 is 0. The maximum atomic E-state index is 12.4. The lowest BCUT2D eigenvalue weighted by Gasteiger charge is -2.37. The summed E-state index contributed by atoms with van der Waals surface area (Å²) in [7, 11) is 0. The number of rotatable bonds is 2. The Morgan fingerprint density at radius 3 is 2.95 bits per heavy atom. The molecular formula is C16H20N2O3. The molecule has 0 unspecified atom stereocenters. The van der Waals surface area contributed by atoms with Crippen molar-refractivity contribution in [3.8, 4) is 11.8 Å². The number of carbonyl (C=O) groups is 1. The second-order valence-electron chi connectivity index (χ2n) is 5.54. The molecule has 0 aromatic carbocycles. The van der Waals surface area contributed by atoms with Gasteiger partial charge >= 0.3 is 0 Å². The Bertz CT molecular complexity index is 555. The molecule has 5 nitrogen and oxygen atoms in total. The van der Waals surface area contributed by atoms with E-state index in [2.05, 4.69) is 16.8 Å². The van der Waals surface area contributed by atoms with Gasteiger partial charge in [-0.1, -0.05) is 11.8 Å². The molecule has 0 spiro atoms. The molecule has 0 aliphatic carbocycles. The van der Waals surface area contributed by atoms with E-state index in [1.54, 1.807) is 23.2 Å². The highest BCUT2D eigenvalue weighted by atomic mass is 16.5. The van der Waals surface area contributed by atoms with Crippen LogP contribution in [0.5, 0.6) is 0 Å². The van der Waals surface area contributed by atoms with E-state index < -0.39 is 0 Å². The minimum atomic E-state index is -0.316. The number of aliphatic hydroxyl groups excluding tert-OH is 1. The molecule has 1 amide bonds. The van der Waals surface area contributed by atoms with Crippen LogP contribution in [-0.4, -0.2) is 52.8 Å². The molecule has 0 atom stereocenters. The first-order valence-corrected chi connectivity index (χ1v) is 7.01. The first-order chi connectivity index (χ1) is 10.0. The van der Waals surface area contributed by atoms with Gasteiger partial charge in [-0.25, -0.2) is 4.98 Å². The Kier molecular flexibility index (Phi) is 4.94. The molecule has 1 fully saturated rings. The van der Waals surface area contributed by atoms with Gasteiger partial charge in [-0.15, -0.1) is 0 Å². The van der Waals surface area contributed by atoms with E-state index in [4.69, 9.17) is 9.84 Å². The summed E-state index contributed by atoms with van der Waals surface area (Å²) < 4.78 is 5.60. The number of nitrogens with zero attached hydrogens (tertiary/aromatic N) is 2. The van der Waals surface area contributed by atoms with Crippen LogP contribution in [0.1, 0.15) is 36.3 Å². The van der Waals surface area contributed by atoms with Crippen LogP contribution in [0.3, 0.4) is 0 Å². The zero-order valence-electron chi connectivity index (χ0n) is 12.4. The van der Waals surface area contributed by atoms with Gasteiger partial charge in [0.25, 0.3) is 5.91 Å². The number of hydrogen-bond acceptors (Lipinski definition) is 4. The molecule has 0 radical (unpaired) electrons. The Hall–Kier alpha value is -1.90. The highest BCUT2D eigenvalue weighted by Crippen LogP contribution is 2.18. The molecule has 1 N–H and O–H groups in total. The van der Waals surface area contributed by atoms with Crippen molar-refractivity contribution in [2.45, 2.75) is 25.9 Å². The van der Waals surface area contributed by atoms with E-state index in [-0.39, 0.29) is 18.1 Å². The highest BCUT2D eigenvalue weighted by molar-refractivity contribution is 5.92. The smallest absolute Gasteiger partial charge is 0.272 e. The molecule has 0 saturated carbocycles. The number of pyridine rings is 1. The topological polar surface area (TPSA) is 62.7 Å². The normalized spacial score (nSPS) is 17.0. The second-order valence-corrected chi connectivity index (χ2v) is 5.54. The molecule has 5 heteroatoms. The SMILES string of the molecule is CC1(C)CN(C(=O)c2ccc(C#CCCO)cn2)CCO1. The van der Waals surface area contributed by atoms with Crippen molar-refractivity contribution in [3.63, 3.8) is 0 Å². The Morgan fingerprint density at radius 2 is 2.33 bits per heavy atom. The minimum Gasteiger partial charge on any atom is -0.395 e. The maximum Gasteiger partial charge on any atom is 0.272 e. The van der Waals surface area contributed by atoms with Gasteiger partial charge in [0.15, 0.2) is 0 Å². The van der Waals surface area contributed by atoms with Crippen molar-refractivity contribution in [1.29, 1.82) is 0 Å². The van der Waals surface area contributed by atoms with Crippen LogP contribution in [-0.2, 0) is 4.74 Å². The first kappa shape index (κ1) is 15.5. The van der Waals surface area contributed by atoms with Gasteiger partial charge in [-0.05, 0) is 26.0 Å². The van der Waals surface area contributed by atoms with Crippen molar-refractivity contribution < 1.29 is 14.6 Å². The van der Waals surface area contributed by atoms with Crippen LogP contribution in [0.15, 0.2) is 18.3 Å². The zero-order chi connectivity index (χ0) is 15.3. The lowest BCUT2D eigenvalue weighted by Crippen LogP contribution is -2.50. The molecule has 0 bridgehead atoms. The third kappa shape index (κ3) is 4.28. The van der Waals surface area contributed by atoms with E-state index in [0.717, 1.165) is 5.56 Å². The van der Waals surface area contributed by atoms with E-state index in [1.165, 1.54) is 0 Å². The lowest BCUT2D eigenvalue weighted by molar-refractivity contribution is -0.0765. The van der Waals surface area contributed by atoms with Gasteiger partial charge in [0.2, 0.25) is 0 Å². The van der Waals surface area contributed by atoms with Gasteiger partial charge in [0.05, 0.1) is 18.8 Å². The zero-order valence-corrected chi connectivity index (χ0v) is 12.4. The van der Waals surface area contributed by atoms with E-state index in [9.17, 15) is 4.79 Å². The molecule has 2 rings (SSSR count). The van der Waals surface area contributed by atoms with E-state index in [0.29, 0.717) is 31.8 Å². The number of carbonyl (C=O) groups excluding carboxylic acids is 1. The van der Waals surface area contributed by atoms with Crippen LogP contribution in [0.4, 0.5) is 0 Å². The minimum absolute atomic E-state index is 0.0455. The number of aromatic nitrogens is 1. The fourth-order valence-corrected chi connectivity index (χ4v) is 2.17. The van der Waals surface area contributed by atoms with Crippen molar-refractivity contribution in [3.05, 3.63) is 29.6 Å². The Labute approximate surface area is 124 Å². The standard InChI is InChI=1S/C16H20N2O3/c1-16(2)12-18(8-10-21-16)15(20)14-7-6-13(11-17-14)5-3-4-9-19/h6-7,11,19H,4,8-10,12H2,1-2H3. The van der Waals surface area contributed by atoms with Crippen LogP contribution in [0, 0.1) is 11.8 Å². The van der Waals surface area contributed by atoms with E-state index in [1.807, 2.05) is 13.8 Å². The molecule has 21 heavy (non-hydrogen) atoms. The van der Waals surface area contributed by atoms with Gasteiger partial charge in [0, 0.05) is 31.3 Å². The maximum absolute atomic E-state index is 12.4. The molecule has 1 aromatic heterocycles. The molecule has 1 aliphatic heterocycles. The second kappa shape index (κ2) is 6.70. The quantitative estimate of drug-likeness (QED) is 0.827. The van der Waals surface area contributed by atoms with Crippen molar-refractivity contribution in [2.24, 2.45) is 0 Å². The van der Waals surface area contributed by atoms with Gasteiger partial charge in [-0.2, -0.15) is 0 Å². The summed E-state index contributed by atoms with van der Waals surface area (Å²) in [6.07, 6.45) is 2.02. The largest absolute Gasteiger partial charge is 0.395 e. The molecule has 1 saturated heterocycles. The number of aliphatic hydroxyl groups is 1. The molecular weight excluding hydrogens is 268 g/mol. The third-order valence-corrected chi connectivity index (χ3v) is 3.16. The molecule has 112 valence electrons. The average Bonchev–Trinajstić information content (AvgIpc) is 2.46. The predicted molar refractivity (Wildman–Crippen MR) is 78.8 cm³/mol. The predicted octanol–water partition coefficient (Wildman–Crippen LogP) is 1.07. The molecule has 2 heterocycles. The van der Waals surface area contributed by atoms with Crippen molar-refractivity contribution in [2.75, 3.05) is 26.3 Å². The van der Waals surface area contributed by atoms with Gasteiger partial charge in [0.1, 0.15) is 5.69 Å².